The van der Waals surface area contributed by atoms with Crippen LogP contribution in [0.4, 0.5) is 0 Å². The summed E-state index contributed by atoms with van der Waals surface area (Å²) in [5.41, 5.74) is 2.79. The van der Waals surface area contributed by atoms with Crippen molar-refractivity contribution in [2.75, 3.05) is 27.2 Å². The third-order valence-corrected chi connectivity index (χ3v) is 9.46. The highest BCUT2D eigenvalue weighted by molar-refractivity contribution is 5.94. The minimum absolute atomic E-state index is 0.0190. The quantitative estimate of drug-likeness (QED) is 0.631. The van der Waals surface area contributed by atoms with E-state index in [1.54, 1.807) is 7.11 Å². The summed E-state index contributed by atoms with van der Waals surface area (Å²) < 4.78 is 12.6. The molecule has 6 nitrogen and oxygen atoms in total. The molecular formula is C32H38N2O4. The highest BCUT2D eigenvalue weighted by Crippen LogP contribution is 2.65. The van der Waals surface area contributed by atoms with E-state index in [1.165, 1.54) is 5.56 Å². The SMILES string of the molecule is COc1ccc2c3c1O[C@H]1[C@H](N(CC(C)C)C(=O)C#Cc4cccc(C)c4)CC[C@@]4(O)[C@@H](C2)N(C)CC[C@]314. The van der Waals surface area contributed by atoms with Crippen molar-refractivity contribution in [3.63, 3.8) is 0 Å². The average Bonchev–Trinajstić information content (AvgIpc) is 3.24. The van der Waals surface area contributed by atoms with Crippen LogP contribution in [-0.4, -0.2) is 71.8 Å². The van der Waals surface area contributed by atoms with E-state index in [2.05, 4.69) is 43.7 Å². The molecule has 0 unspecified atom stereocenters. The molecule has 2 aromatic carbocycles. The van der Waals surface area contributed by atoms with Crippen LogP contribution in [0.3, 0.4) is 0 Å². The molecule has 0 aromatic heterocycles. The van der Waals surface area contributed by atoms with Crippen LogP contribution in [0.1, 0.15) is 55.4 Å². The van der Waals surface area contributed by atoms with E-state index in [0.29, 0.717) is 25.1 Å². The van der Waals surface area contributed by atoms with Crippen molar-refractivity contribution in [3.8, 4) is 23.3 Å². The van der Waals surface area contributed by atoms with Gasteiger partial charge in [-0.15, -0.1) is 0 Å². The van der Waals surface area contributed by atoms with E-state index in [-0.39, 0.29) is 30.0 Å². The second kappa shape index (κ2) is 9.03. The molecule has 1 amide bonds. The Morgan fingerprint density at radius 1 is 1.29 bits per heavy atom. The highest BCUT2D eigenvalue weighted by Gasteiger charge is 2.73. The number of methoxy groups -OCH3 is 1. The van der Waals surface area contributed by atoms with Gasteiger partial charge in [0.15, 0.2) is 11.5 Å². The lowest BCUT2D eigenvalue weighted by Gasteiger charge is -2.64. The zero-order valence-corrected chi connectivity index (χ0v) is 23.1. The van der Waals surface area contributed by atoms with Crippen molar-refractivity contribution in [1.29, 1.82) is 0 Å². The number of ether oxygens (including phenoxy) is 2. The highest BCUT2D eigenvalue weighted by atomic mass is 16.5. The number of aryl methyl sites for hydroxylation is 1. The number of carbonyl (C=O) groups excluding carboxylic acids is 1. The summed E-state index contributed by atoms with van der Waals surface area (Å²) in [5, 5.41) is 12.6. The molecule has 6 heteroatoms. The monoisotopic (exact) mass is 514 g/mol. The number of amides is 1. The van der Waals surface area contributed by atoms with E-state index in [9.17, 15) is 9.90 Å². The van der Waals surface area contributed by atoms with E-state index in [0.717, 1.165) is 41.8 Å². The fourth-order valence-corrected chi connectivity index (χ4v) is 7.88. The number of carbonyl (C=O) groups is 1. The van der Waals surface area contributed by atoms with Gasteiger partial charge in [0.2, 0.25) is 0 Å². The lowest BCUT2D eigenvalue weighted by Crippen LogP contribution is -2.78. The lowest BCUT2D eigenvalue weighted by molar-refractivity contribution is -0.197. The second-order valence-corrected chi connectivity index (χ2v) is 12.1. The molecule has 200 valence electrons. The summed E-state index contributed by atoms with van der Waals surface area (Å²) in [4.78, 5) is 18.0. The Labute approximate surface area is 225 Å². The number of nitrogens with zero attached hydrogens (tertiary/aromatic N) is 2. The Kier molecular flexibility index (Phi) is 6.01. The molecule has 38 heavy (non-hydrogen) atoms. The van der Waals surface area contributed by atoms with Crippen LogP contribution in [0, 0.1) is 24.7 Å². The van der Waals surface area contributed by atoms with Gasteiger partial charge in [0, 0.05) is 29.6 Å². The molecule has 1 saturated carbocycles. The first-order valence-electron chi connectivity index (χ1n) is 13.9. The molecule has 0 radical (unpaired) electrons. The molecule has 2 fully saturated rings. The second-order valence-electron chi connectivity index (χ2n) is 12.1. The normalized spacial score (nSPS) is 30.7. The van der Waals surface area contributed by atoms with Gasteiger partial charge in [-0.1, -0.05) is 38.0 Å². The third-order valence-electron chi connectivity index (χ3n) is 9.46. The third kappa shape index (κ3) is 3.52. The van der Waals surface area contributed by atoms with Crippen molar-refractivity contribution < 1.29 is 19.4 Å². The predicted molar refractivity (Wildman–Crippen MR) is 146 cm³/mol. The van der Waals surface area contributed by atoms with Crippen molar-refractivity contribution in [1.82, 2.24) is 9.80 Å². The molecule has 6 rings (SSSR count). The topological polar surface area (TPSA) is 62.2 Å². The van der Waals surface area contributed by atoms with E-state index in [4.69, 9.17) is 9.47 Å². The van der Waals surface area contributed by atoms with Crippen molar-refractivity contribution in [2.45, 2.75) is 75.7 Å². The molecule has 4 aliphatic rings. The molecule has 1 spiro atoms. The number of likely N-dealkylation sites (tertiary alicyclic amines) is 1. The summed E-state index contributed by atoms with van der Waals surface area (Å²) in [6, 6.07) is 11.9. The van der Waals surface area contributed by atoms with Crippen LogP contribution in [0.2, 0.25) is 0 Å². The molecule has 2 aliphatic carbocycles. The zero-order chi connectivity index (χ0) is 26.8. The van der Waals surface area contributed by atoms with Crippen molar-refractivity contribution >= 4 is 5.91 Å². The first kappa shape index (κ1) is 25.3. The standard InChI is InChI=1S/C32H38N2O4/c1-20(2)19-34(27(35)12-9-22-8-6-7-21(3)17-22)24-13-14-32(36)26-18-23-10-11-25(37-5)29-28(23)31(32,30(24)38-29)15-16-33(26)4/h6-8,10-11,17,20,24,26,30,36H,13-16,18-19H2,1-5H3/t24-,26-,30+,31+,32-/m1/s1. The van der Waals surface area contributed by atoms with Gasteiger partial charge in [0.25, 0.3) is 5.91 Å². The zero-order valence-electron chi connectivity index (χ0n) is 23.1. The van der Waals surface area contributed by atoms with Gasteiger partial charge in [-0.2, -0.15) is 0 Å². The lowest BCUT2D eigenvalue weighted by atomic mass is 9.48. The van der Waals surface area contributed by atoms with Crippen LogP contribution in [0.15, 0.2) is 36.4 Å². The maximum absolute atomic E-state index is 13.8. The minimum atomic E-state index is -0.925. The number of piperidine rings is 1. The largest absolute Gasteiger partial charge is 0.493 e. The van der Waals surface area contributed by atoms with Gasteiger partial charge in [-0.3, -0.25) is 4.79 Å². The summed E-state index contributed by atoms with van der Waals surface area (Å²) in [6.45, 7) is 7.74. The Balaban J connectivity index is 1.44. The van der Waals surface area contributed by atoms with Crippen LogP contribution >= 0.6 is 0 Å². The van der Waals surface area contributed by atoms with E-state index in [1.807, 2.05) is 42.2 Å². The first-order chi connectivity index (χ1) is 18.2. The number of hydrogen-bond acceptors (Lipinski definition) is 5. The number of benzene rings is 2. The molecule has 1 N–H and O–H groups in total. The van der Waals surface area contributed by atoms with Gasteiger partial charge in [0.05, 0.1) is 24.2 Å². The first-order valence-corrected chi connectivity index (χ1v) is 13.9. The van der Waals surface area contributed by atoms with Crippen LogP contribution in [0.25, 0.3) is 0 Å². The van der Waals surface area contributed by atoms with E-state index >= 15 is 0 Å². The number of likely N-dealkylation sites (N-methyl/N-ethyl adjacent to an activating group) is 1. The predicted octanol–water partition coefficient (Wildman–Crippen LogP) is 3.69. The summed E-state index contributed by atoms with van der Waals surface area (Å²) in [6.07, 6.45) is 2.51. The van der Waals surface area contributed by atoms with Gasteiger partial charge in [0.1, 0.15) is 6.10 Å². The van der Waals surface area contributed by atoms with Gasteiger partial charge in [-0.05, 0) is 81.4 Å². The fraction of sp³-hybridized carbons (Fsp3) is 0.531. The Bertz CT molecular complexity index is 1340. The summed E-state index contributed by atoms with van der Waals surface area (Å²) in [5.74, 6) is 7.59. The minimum Gasteiger partial charge on any atom is -0.493 e. The maximum Gasteiger partial charge on any atom is 0.299 e. The Hall–Kier alpha value is -3.01. The molecule has 2 aromatic rings. The van der Waals surface area contributed by atoms with Crippen LogP contribution in [-0.2, 0) is 16.6 Å². The molecule has 2 heterocycles. The average molecular weight is 515 g/mol. The van der Waals surface area contributed by atoms with Gasteiger partial charge < -0.3 is 24.4 Å². The van der Waals surface area contributed by atoms with Crippen LogP contribution < -0.4 is 9.47 Å². The maximum atomic E-state index is 13.8. The Morgan fingerprint density at radius 3 is 2.84 bits per heavy atom. The number of aliphatic hydroxyl groups is 1. The van der Waals surface area contributed by atoms with Crippen molar-refractivity contribution in [3.05, 3.63) is 58.7 Å². The number of hydrogen-bond donors (Lipinski definition) is 1. The van der Waals surface area contributed by atoms with Gasteiger partial charge >= 0.3 is 0 Å². The number of rotatable bonds is 4. The molecule has 5 atom stereocenters. The van der Waals surface area contributed by atoms with Crippen molar-refractivity contribution in [2.24, 2.45) is 5.92 Å². The summed E-state index contributed by atoms with van der Waals surface area (Å²) >= 11 is 0. The smallest absolute Gasteiger partial charge is 0.299 e. The fourth-order valence-electron chi connectivity index (χ4n) is 7.88. The Morgan fingerprint density at radius 2 is 2.11 bits per heavy atom. The molecule has 1 saturated heterocycles. The molecule has 2 bridgehead atoms. The molecule has 2 aliphatic heterocycles. The van der Waals surface area contributed by atoms with Gasteiger partial charge in [-0.25, -0.2) is 0 Å². The van der Waals surface area contributed by atoms with Crippen LogP contribution in [0.5, 0.6) is 11.5 Å². The summed E-state index contributed by atoms with van der Waals surface area (Å²) in [7, 11) is 3.79. The molecular weight excluding hydrogens is 476 g/mol. The van der Waals surface area contributed by atoms with E-state index < -0.39 is 11.0 Å².